The molecule has 0 spiro atoms. The summed E-state index contributed by atoms with van der Waals surface area (Å²) in [5, 5.41) is 3.02. The van der Waals surface area contributed by atoms with Gasteiger partial charge in [0.05, 0.1) is 6.61 Å². The maximum absolute atomic E-state index is 12.9. The maximum Gasteiger partial charge on any atom is 0.330 e. The zero-order valence-electron chi connectivity index (χ0n) is 14.5. The van der Waals surface area contributed by atoms with Crippen LogP contribution in [0.2, 0.25) is 0 Å². The molecule has 26 heavy (non-hydrogen) atoms. The molecular formula is C22H21NO3. The molecule has 0 bridgehead atoms. The number of carbonyl (C=O) groups is 2. The second-order valence-electron chi connectivity index (χ2n) is 6.04. The van der Waals surface area contributed by atoms with Crippen LogP contribution in [0.25, 0.3) is 5.57 Å². The van der Waals surface area contributed by atoms with Gasteiger partial charge in [0, 0.05) is 17.3 Å². The Labute approximate surface area is 153 Å². The fourth-order valence-corrected chi connectivity index (χ4v) is 2.83. The summed E-state index contributed by atoms with van der Waals surface area (Å²) < 4.78 is 5.19. The fourth-order valence-electron chi connectivity index (χ4n) is 2.83. The molecule has 1 amide bonds. The molecule has 2 aromatic rings. The van der Waals surface area contributed by atoms with Gasteiger partial charge in [-0.25, -0.2) is 4.79 Å². The highest BCUT2D eigenvalue weighted by atomic mass is 16.5. The lowest BCUT2D eigenvalue weighted by atomic mass is 10.0. The molecule has 0 aromatic heterocycles. The molecule has 0 saturated carbocycles. The molecule has 1 aliphatic rings. The lowest BCUT2D eigenvalue weighted by molar-refractivity contribution is -0.137. The molecule has 0 radical (unpaired) electrons. The third-order valence-corrected chi connectivity index (χ3v) is 4.17. The number of cyclic esters (lactones) is 1. The van der Waals surface area contributed by atoms with E-state index in [2.05, 4.69) is 5.32 Å². The zero-order valence-corrected chi connectivity index (χ0v) is 14.5. The highest BCUT2D eigenvalue weighted by Crippen LogP contribution is 2.22. The van der Waals surface area contributed by atoms with Crippen molar-refractivity contribution in [2.45, 2.75) is 19.3 Å². The van der Waals surface area contributed by atoms with Crippen LogP contribution in [0.3, 0.4) is 0 Å². The quantitative estimate of drug-likeness (QED) is 0.789. The van der Waals surface area contributed by atoms with Crippen LogP contribution in [-0.2, 0) is 20.7 Å². The van der Waals surface area contributed by atoms with E-state index in [1.54, 1.807) is 12.2 Å². The summed E-state index contributed by atoms with van der Waals surface area (Å²) in [4.78, 5) is 24.6. The van der Waals surface area contributed by atoms with E-state index in [0.717, 1.165) is 36.1 Å². The molecule has 0 fully saturated rings. The van der Waals surface area contributed by atoms with Crippen LogP contribution in [0.1, 0.15) is 24.0 Å². The van der Waals surface area contributed by atoms with Gasteiger partial charge >= 0.3 is 5.97 Å². The van der Waals surface area contributed by atoms with E-state index in [-0.39, 0.29) is 5.91 Å². The van der Waals surface area contributed by atoms with Gasteiger partial charge in [-0.1, -0.05) is 54.6 Å². The van der Waals surface area contributed by atoms with Crippen LogP contribution >= 0.6 is 0 Å². The van der Waals surface area contributed by atoms with E-state index in [1.807, 2.05) is 54.6 Å². The number of rotatable bonds is 1. The lowest BCUT2D eigenvalue weighted by Crippen LogP contribution is -2.15. The molecular weight excluding hydrogens is 326 g/mol. The van der Waals surface area contributed by atoms with Gasteiger partial charge in [0.15, 0.2) is 0 Å². The minimum absolute atomic E-state index is 0.210. The van der Waals surface area contributed by atoms with Crippen molar-refractivity contribution in [3.05, 3.63) is 84.0 Å². The van der Waals surface area contributed by atoms with E-state index < -0.39 is 5.97 Å². The van der Waals surface area contributed by atoms with Gasteiger partial charge in [0.1, 0.15) is 0 Å². The Morgan fingerprint density at radius 1 is 0.885 bits per heavy atom. The van der Waals surface area contributed by atoms with Crippen LogP contribution < -0.4 is 5.32 Å². The van der Waals surface area contributed by atoms with Gasteiger partial charge in [0.25, 0.3) is 5.91 Å². The topological polar surface area (TPSA) is 55.4 Å². The van der Waals surface area contributed by atoms with Gasteiger partial charge in [-0.3, -0.25) is 4.79 Å². The summed E-state index contributed by atoms with van der Waals surface area (Å²) in [5.41, 5.74) is 3.17. The fraction of sp³-hybridized carbons (Fsp3) is 0.182. The second kappa shape index (κ2) is 8.81. The average molecular weight is 347 g/mol. The number of hydrogen-bond acceptors (Lipinski definition) is 3. The van der Waals surface area contributed by atoms with Gasteiger partial charge < -0.3 is 10.1 Å². The number of hydrogen-bond donors (Lipinski definition) is 1. The van der Waals surface area contributed by atoms with Crippen molar-refractivity contribution in [1.82, 2.24) is 0 Å². The molecule has 1 heterocycles. The smallest absolute Gasteiger partial charge is 0.330 e. The molecule has 4 heteroatoms. The van der Waals surface area contributed by atoms with E-state index in [4.69, 9.17) is 4.74 Å². The Morgan fingerprint density at radius 3 is 2.50 bits per heavy atom. The number of nitrogens with one attached hydrogen (secondary N) is 1. The highest BCUT2D eigenvalue weighted by Gasteiger charge is 2.13. The monoisotopic (exact) mass is 347 g/mol. The average Bonchev–Trinajstić information content (AvgIpc) is 2.66. The Morgan fingerprint density at radius 2 is 1.65 bits per heavy atom. The number of esters is 1. The minimum atomic E-state index is -0.397. The first-order valence-electron chi connectivity index (χ1n) is 8.74. The highest BCUT2D eigenvalue weighted by molar-refractivity contribution is 6.25. The summed E-state index contributed by atoms with van der Waals surface area (Å²) in [7, 11) is 0. The zero-order chi connectivity index (χ0) is 18.2. The molecule has 0 saturated heterocycles. The first kappa shape index (κ1) is 17.7. The minimum Gasteiger partial charge on any atom is -0.463 e. The lowest BCUT2D eigenvalue weighted by Gasteiger charge is -2.13. The van der Waals surface area contributed by atoms with Gasteiger partial charge in [0.2, 0.25) is 0 Å². The van der Waals surface area contributed by atoms with Gasteiger partial charge in [-0.15, -0.1) is 0 Å². The van der Waals surface area contributed by atoms with Crippen LogP contribution in [0, 0.1) is 0 Å². The Balaban J connectivity index is 1.97. The summed E-state index contributed by atoms with van der Waals surface area (Å²) >= 11 is 0. The summed E-state index contributed by atoms with van der Waals surface area (Å²) in [6.07, 6.45) is 7.02. The van der Waals surface area contributed by atoms with Crippen molar-refractivity contribution in [2.24, 2.45) is 0 Å². The number of benzene rings is 2. The Hall–Kier alpha value is -3.14. The van der Waals surface area contributed by atoms with Crippen LogP contribution in [0.5, 0.6) is 0 Å². The Bertz CT molecular complexity index is 837. The van der Waals surface area contributed by atoms with Crippen molar-refractivity contribution in [3.8, 4) is 0 Å². The number of aryl methyl sites for hydroxylation is 1. The van der Waals surface area contributed by atoms with Crippen molar-refractivity contribution in [3.63, 3.8) is 0 Å². The molecule has 1 N–H and O–H groups in total. The normalized spacial score (nSPS) is 19.2. The predicted octanol–water partition coefficient (Wildman–Crippen LogP) is 4.14. The molecule has 0 aliphatic carbocycles. The van der Waals surface area contributed by atoms with Crippen molar-refractivity contribution in [1.29, 1.82) is 0 Å². The van der Waals surface area contributed by atoms with Gasteiger partial charge in [-0.05, 0) is 42.5 Å². The number of anilines is 1. The van der Waals surface area contributed by atoms with E-state index in [9.17, 15) is 9.59 Å². The first-order chi connectivity index (χ1) is 12.7. The second-order valence-corrected chi connectivity index (χ2v) is 6.04. The van der Waals surface area contributed by atoms with Gasteiger partial charge in [-0.2, -0.15) is 0 Å². The third-order valence-electron chi connectivity index (χ3n) is 4.17. The van der Waals surface area contributed by atoms with Crippen LogP contribution in [-0.4, -0.2) is 18.5 Å². The van der Waals surface area contributed by atoms with E-state index in [0.29, 0.717) is 12.2 Å². The first-order valence-corrected chi connectivity index (χ1v) is 8.74. The number of carbonyl (C=O) groups excluding carboxylic acids is 2. The Kier molecular flexibility index (Phi) is 5.99. The predicted molar refractivity (Wildman–Crippen MR) is 103 cm³/mol. The third kappa shape index (κ3) is 4.70. The molecule has 1 aliphatic heterocycles. The largest absolute Gasteiger partial charge is 0.463 e. The summed E-state index contributed by atoms with van der Waals surface area (Å²) in [6.45, 7) is 0.396. The molecule has 0 unspecified atom stereocenters. The molecule has 132 valence electrons. The van der Waals surface area contributed by atoms with E-state index >= 15 is 0 Å². The number of para-hydroxylation sites is 1. The SMILES string of the molecule is O=C1/C=C/C=C(/c2ccccc2)C(=O)Nc2ccccc2CCCCO1. The number of amides is 1. The summed E-state index contributed by atoms with van der Waals surface area (Å²) in [6, 6.07) is 17.2. The van der Waals surface area contributed by atoms with Crippen LogP contribution in [0.15, 0.2) is 72.8 Å². The van der Waals surface area contributed by atoms with Crippen molar-refractivity contribution < 1.29 is 14.3 Å². The van der Waals surface area contributed by atoms with Crippen molar-refractivity contribution in [2.75, 3.05) is 11.9 Å². The van der Waals surface area contributed by atoms with Crippen LogP contribution in [0.4, 0.5) is 5.69 Å². The standard InChI is InChI=1S/C22H21NO3/c24-21-15-8-13-19(17-9-2-1-3-10-17)22(25)23-20-14-5-4-11-18(20)12-6-7-16-26-21/h1-5,8-11,13-15H,6-7,12,16H2,(H,23,25)/b15-8+,19-13-. The summed E-state index contributed by atoms with van der Waals surface area (Å²) in [5.74, 6) is -0.606. The number of ether oxygens (including phenoxy) is 1. The molecule has 4 nitrogen and oxygen atoms in total. The maximum atomic E-state index is 12.9. The molecule has 2 aromatic carbocycles. The number of fused-ring (bicyclic) bond motifs is 1. The molecule has 0 atom stereocenters. The van der Waals surface area contributed by atoms with Crippen molar-refractivity contribution >= 4 is 23.1 Å². The molecule has 3 rings (SSSR count). The van der Waals surface area contributed by atoms with E-state index in [1.165, 1.54) is 6.08 Å². The number of allylic oxidation sites excluding steroid dienone is 2.